The summed E-state index contributed by atoms with van der Waals surface area (Å²) >= 11 is 0. The maximum absolute atomic E-state index is 12.8. The zero-order chi connectivity index (χ0) is 21.3. The Morgan fingerprint density at radius 2 is 1.93 bits per heavy atom. The average Bonchev–Trinajstić information content (AvgIpc) is 3.34. The Bertz CT molecular complexity index is 1120. The zero-order valence-electron chi connectivity index (χ0n) is 16.1. The topological polar surface area (TPSA) is 119 Å². The van der Waals surface area contributed by atoms with E-state index in [-0.39, 0.29) is 25.3 Å². The van der Waals surface area contributed by atoms with Crippen LogP contribution in [0, 0.1) is 0 Å². The summed E-state index contributed by atoms with van der Waals surface area (Å²) in [4.78, 5) is 41.3. The van der Waals surface area contributed by atoms with Gasteiger partial charge in [0.15, 0.2) is 0 Å². The lowest BCUT2D eigenvalue weighted by Crippen LogP contribution is -2.45. The summed E-state index contributed by atoms with van der Waals surface area (Å²) in [6.07, 6.45) is 3.36. The molecule has 0 saturated heterocycles. The number of hydrogen-bond acceptors (Lipinski definition) is 4. The monoisotopic (exact) mass is 404 g/mol. The van der Waals surface area contributed by atoms with E-state index < -0.39 is 17.9 Å². The van der Waals surface area contributed by atoms with Crippen molar-refractivity contribution in [2.45, 2.75) is 25.4 Å². The Balaban J connectivity index is 1.58. The van der Waals surface area contributed by atoms with Crippen LogP contribution < -0.4 is 5.73 Å². The lowest BCUT2D eigenvalue weighted by Gasteiger charge is -2.24. The first-order chi connectivity index (χ1) is 14.4. The molecule has 8 heteroatoms. The fourth-order valence-corrected chi connectivity index (χ4v) is 3.68. The largest absolute Gasteiger partial charge is 0.481 e. The number of nitrogens with zero attached hydrogens (tertiary/aromatic N) is 3. The molecule has 2 amide bonds. The highest BCUT2D eigenvalue weighted by atomic mass is 16.4. The number of aromatic nitrogens is 2. The van der Waals surface area contributed by atoms with Crippen LogP contribution in [-0.4, -0.2) is 43.4 Å². The molecule has 3 N–H and O–H groups in total. The highest BCUT2D eigenvalue weighted by Gasteiger charge is 2.35. The van der Waals surface area contributed by atoms with Crippen molar-refractivity contribution in [3.63, 3.8) is 0 Å². The van der Waals surface area contributed by atoms with Gasteiger partial charge in [0.1, 0.15) is 6.04 Å². The summed E-state index contributed by atoms with van der Waals surface area (Å²) in [5, 5.41) is 8.91. The van der Waals surface area contributed by atoms with Gasteiger partial charge in [-0.25, -0.2) is 4.98 Å². The van der Waals surface area contributed by atoms with E-state index in [1.807, 2.05) is 53.2 Å². The number of fused-ring (bicyclic) bond motifs is 1. The lowest BCUT2D eigenvalue weighted by molar-refractivity contribution is -0.137. The summed E-state index contributed by atoms with van der Waals surface area (Å²) in [6.45, 7) is 0.204. The van der Waals surface area contributed by atoms with E-state index in [0.29, 0.717) is 5.56 Å². The van der Waals surface area contributed by atoms with E-state index >= 15 is 0 Å². The van der Waals surface area contributed by atoms with Gasteiger partial charge in [0, 0.05) is 36.0 Å². The fraction of sp³-hybridized carbons (Fsp3) is 0.182. The van der Waals surface area contributed by atoms with Crippen LogP contribution in [0.3, 0.4) is 0 Å². The van der Waals surface area contributed by atoms with Gasteiger partial charge in [-0.1, -0.05) is 30.3 Å². The molecule has 8 nitrogen and oxygen atoms in total. The number of rotatable bonds is 7. The van der Waals surface area contributed by atoms with Crippen molar-refractivity contribution in [1.82, 2.24) is 14.5 Å². The Labute approximate surface area is 172 Å². The number of benzene rings is 2. The Morgan fingerprint density at radius 1 is 1.17 bits per heavy atom. The minimum Gasteiger partial charge on any atom is -0.481 e. The summed E-state index contributed by atoms with van der Waals surface area (Å²) in [6, 6.07) is 14.2. The molecule has 152 valence electrons. The summed E-state index contributed by atoms with van der Waals surface area (Å²) < 4.78 is 1.87. The quantitative estimate of drug-likeness (QED) is 0.626. The predicted octanol–water partition coefficient (Wildman–Crippen LogP) is 2.21. The standard InChI is InChI=1S/C22H20N4O4/c23-21(29)19(8-9-20(27)28)26-11-15-10-16(6-7-17(15)22(26)30)25-12-18(24-13-25)14-4-2-1-3-5-14/h1-7,10,12-13,19H,8-9,11H2,(H2,23,29)(H,27,28). The van der Waals surface area contributed by atoms with Crippen LogP contribution in [0.15, 0.2) is 61.1 Å². The highest BCUT2D eigenvalue weighted by Crippen LogP contribution is 2.28. The molecule has 0 saturated carbocycles. The second-order valence-corrected chi connectivity index (χ2v) is 7.16. The van der Waals surface area contributed by atoms with Gasteiger partial charge in [0.05, 0.1) is 12.0 Å². The van der Waals surface area contributed by atoms with E-state index in [9.17, 15) is 14.4 Å². The number of aliphatic carboxylic acids is 1. The third kappa shape index (κ3) is 3.67. The molecule has 0 bridgehead atoms. The first kappa shape index (κ1) is 19.4. The molecule has 2 aromatic carbocycles. The van der Waals surface area contributed by atoms with Crippen LogP contribution >= 0.6 is 0 Å². The first-order valence-corrected chi connectivity index (χ1v) is 9.49. The SMILES string of the molecule is NC(=O)C(CCC(=O)O)N1Cc2cc(-n3cnc(-c4ccccc4)c3)ccc2C1=O. The molecule has 4 rings (SSSR count). The molecule has 0 aliphatic carbocycles. The normalized spacial score (nSPS) is 13.9. The van der Waals surface area contributed by atoms with E-state index in [0.717, 1.165) is 22.5 Å². The van der Waals surface area contributed by atoms with E-state index in [1.54, 1.807) is 12.4 Å². The first-order valence-electron chi connectivity index (χ1n) is 9.49. The second kappa shape index (κ2) is 7.82. The molecule has 1 aliphatic rings. The minimum atomic E-state index is -1.04. The summed E-state index contributed by atoms with van der Waals surface area (Å²) in [5.74, 6) is -2.07. The number of carboxylic acid groups (broad SMARTS) is 1. The molecule has 1 aromatic heterocycles. The van der Waals surface area contributed by atoms with Crippen LogP contribution in [0.2, 0.25) is 0 Å². The van der Waals surface area contributed by atoms with Crippen molar-refractivity contribution >= 4 is 17.8 Å². The van der Waals surface area contributed by atoms with Crippen LogP contribution in [0.4, 0.5) is 0 Å². The van der Waals surface area contributed by atoms with Crippen molar-refractivity contribution in [3.8, 4) is 16.9 Å². The van der Waals surface area contributed by atoms with Crippen LogP contribution in [0.25, 0.3) is 16.9 Å². The summed E-state index contributed by atoms with van der Waals surface area (Å²) in [7, 11) is 0. The van der Waals surface area contributed by atoms with Crippen LogP contribution in [0.5, 0.6) is 0 Å². The molecular weight excluding hydrogens is 384 g/mol. The molecule has 3 aromatic rings. The van der Waals surface area contributed by atoms with E-state index in [2.05, 4.69) is 4.98 Å². The predicted molar refractivity (Wildman–Crippen MR) is 109 cm³/mol. The van der Waals surface area contributed by atoms with Gasteiger partial charge in [0.2, 0.25) is 5.91 Å². The van der Waals surface area contributed by atoms with Gasteiger partial charge in [-0.3, -0.25) is 14.4 Å². The van der Waals surface area contributed by atoms with Gasteiger partial charge in [0.25, 0.3) is 5.91 Å². The third-order valence-corrected chi connectivity index (χ3v) is 5.21. The maximum Gasteiger partial charge on any atom is 0.303 e. The molecule has 2 heterocycles. The van der Waals surface area contributed by atoms with Crippen molar-refractivity contribution in [1.29, 1.82) is 0 Å². The molecule has 0 radical (unpaired) electrons. The smallest absolute Gasteiger partial charge is 0.303 e. The van der Waals surface area contributed by atoms with E-state index in [1.165, 1.54) is 4.90 Å². The number of carbonyl (C=O) groups excluding carboxylic acids is 2. The van der Waals surface area contributed by atoms with Crippen LogP contribution in [-0.2, 0) is 16.1 Å². The molecule has 30 heavy (non-hydrogen) atoms. The molecule has 0 spiro atoms. The molecule has 1 aliphatic heterocycles. The number of primary amides is 1. The van der Waals surface area contributed by atoms with Gasteiger partial charge in [-0.2, -0.15) is 0 Å². The van der Waals surface area contributed by atoms with Gasteiger partial charge in [-0.05, 0) is 30.2 Å². The average molecular weight is 404 g/mol. The van der Waals surface area contributed by atoms with Crippen molar-refractivity contribution in [2.24, 2.45) is 5.73 Å². The molecule has 1 atom stereocenters. The van der Waals surface area contributed by atoms with Crippen LogP contribution in [0.1, 0.15) is 28.8 Å². The highest BCUT2D eigenvalue weighted by molar-refractivity contribution is 6.01. The van der Waals surface area contributed by atoms with Crippen molar-refractivity contribution < 1.29 is 19.5 Å². The second-order valence-electron chi connectivity index (χ2n) is 7.16. The number of carboxylic acids is 1. The van der Waals surface area contributed by atoms with Gasteiger partial charge >= 0.3 is 5.97 Å². The lowest BCUT2D eigenvalue weighted by atomic mass is 10.1. The minimum absolute atomic E-state index is 0.0147. The Morgan fingerprint density at radius 3 is 2.63 bits per heavy atom. The Kier molecular flexibility index (Phi) is 5.05. The van der Waals surface area contributed by atoms with Crippen molar-refractivity contribution in [3.05, 3.63) is 72.2 Å². The number of hydrogen-bond donors (Lipinski definition) is 2. The third-order valence-electron chi connectivity index (χ3n) is 5.21. The molecule has 1 unspecified atom stereocenters. The molecule has 0 fully saturated rings. The van der Waals surface area contributed by atoms with E-state index in [4.69, 9.17) is 10.8 Å². The zero-order valence-corrected chi connectivity index (χ0v) is 16.1. The number of amides is 2. The maximum atomic E-state index is 12.8. The van der Waals surface area contributed by atoms with Gasteiger partial charge in [-0.15, -0.1) is 0 Å². The summed E-state index contributed by atoms with van der Waals surface area (Å²) in [5.41, 5.74) is 9.35. The number of imidazole rings is 1. The van der Waals surface area contributed by atoms with Gasteiger partial charge < -0.3 is 20.3 Å². The molecular formula is C22H20N4O4. The number of carbonyl (C=O) groups is 3. The van der Waals surface area contributed by atoms with Crippen molar-refractivity contribution in [2.75, 3.05) is 0 Å². The Hall–Kier alpha value is -3.94. The number of nitrogens with two attached hydrogens (primary N) is 1. The fourth-order valence-electron chi connectivity index (χ4n) is 3.68.